The molecule has 4 aliphatic carbocycles. The van der Waals surface area contributed by atoms with Gasteiger partial charge in [0.2, 0.25) is 0 Å². The number of aromatic nitrogens is 2. The summed E-state index contributed by atoms with van der Waals surface area (Å²) in [7, 11) is 1.70. The fourth-order valence-electron chi connectivity index (χ4n) is 5.36. The van der Waals surface area contributed by atoms with Crippen molar-refractivity contribution in [2.24, 2.45) is 17.8 Å². The number of nitrogens with zero attached hydrogens (tertiary/aromatic N) is 2. The monoisotopic (exact) mass is 273 g/mol. The van der Waals surface area contributed by atoms with E-state index < -0.39 is 0 Å². The minimum Gasteiger partial charge on any atom is -0.384 e. The Balaban J connectivity index is 1.73. The van der Waals surface area contributed by atoms with Gasteiger partial charge in [0, 0.05) is 18.6 Å². The maximum absolute atomic E-state index is 6.00. The molecule has 4 saturated carbocycles. The van der Waals surface area contributed by atoms with Gasteiger partial charge < -0.3 is 10.5 Å². The van der Waals surface area contributed by atoms with Crippen LogP contribution in [0.5, 0.6) is 0 Å². The highest BCUT2D eigenvalue weighted by atomic mass is 16.5. The van der Waals surface area contributed by atoms with Crippen LogP contribution >= 0.6 is 0 Å². The molecule has 0 unspecified atom stereocenters. The summed E-state index contributed by atoms with van der Waals surface area (Å²) in [5, 5.41) is 0. The van der Waals surface area contributed by atoms with Gasteiger partial charge in [-0.1, -0.05) is 0 Å². The highest BCUT2D eigenvalue weighted by molar-refractivity contribution is 5.32. The van der Waals surface area contributed by atoms with Crippen molar-refractivity contribution in [3.8, 4) is 0 Å². The number of hydrogen-bond donors (Lipinski definition) is 1. The molecule has 20 heavy (non-hydrogen) atoms. The molecule has 5 rings (SSSR count). The molecular formula is C16H23N3O. The topological polar surface area (TPSA) is 61.0 Å². The second-order valence-electron chi connectivity index (χ2n) is 7.24. The van der Waals surface area contributed by atoms with E-state index in [4.69, 9.17) is 15.5 Å². The molecule has 4 nitrogen and oxygen atoms in total. The standard InChI is InChI=1S/C16H23N3O/c1-20-9-13-5-14(17)19-15(18-13)16-6-10-2-11(7-16)4-12(3-10)8-16/h5,10-12H,2-4,6-9H2,1H3,(H2,17,18,19). The van der Waals surface area contributed by atoms with Gasteiger partial charge in [0.15, 0.2) is 0 Å². The minimum absolute atomic E-state index is 0.215. The predicted molar refractivity (Wildman–Crippen MR) is 77.0 cm³/mol. The Bertz CT molecular complexity index is 493. The predicted octanol–water partition coefficient (Wildman–Crippen LogP) is 2.67. The highest BCUT2D eigenvalue weighted by Crippen LogP contribution is 2.60. The molecule has 0 aromatic carbocycles. The second kappa shape index (κ2) is 4.42. The van der Waals surface area contributed by atoms with Crippen LogP contribution in [0.3, 0.4) is 0 Å². The van der Waals surface area contributed by atoms with Crippen LogP contribution in [0.1, 0.15) is 50.0 Å². The van der Waals surface area contributed by atoms with Crippen molar-refractivity contribution in [1.82, 2.24) is 9.97 Å². The summed E-state index contributed by atoms with van der Waals surface area (Å²) in [6, 6.07) is 1.84. The van der Waals surface area contributed by atoms with Crippen molar-refractivity contribution in [2.75, 3.05) is 12.8 Å². The minimum atomic E-state index is 0.215. The molecular weight excluding hydrogens is 250 g/mol. The van der Waals surface area contributed by atoms with Crippen LogP contribution in [0, 0.1) is 17.8 Å². The van der Waals surface area contributed by atoms with Crippen LogP contribution in [-0.4, -0.2) is 17.1 Å². The Morgan fingerprint density at radius 3 is 2.30 bits per heavy atom. The van der Waals surface area contributed by atoms with Crippen LogP contribution < -0.4 is 5.73 Å². The summed E-state index contributed by atoms with van der Waals surface area (Å²) in [5.41, 5.74) is 7.14. The summed E-state index contributed by atoms with van der Waals surface area (Å²) >= 11 is 0. The zero-order valence-electron chi connectivity index (χ0n) is 12.1. The first-order valence-electron chi connectivity index (χ1n) is 7.80. The van der Waals surface area contributed by atoms with Crippen molar-refractivity contribution < 1.29 is 4.74 Å². The summed E-state index contributed by atoms with van der Waals surface area (Å²) < 4.78 is 5.21. The van der Waals surface area contributed by atoms with Gasteiger partial charge in [-0.25, -0.2) is 9.97 Å². The van der Waals surface area contributed by atoms with E-state index in [1.165, 1.54) is 38.5 Å². The van der Waals surface area contributed by atoms with Crippen molar-refractivity contribution in [3.63, 3.8) is 0 Å². The van der Waals surface area contributed by atoms with E-state index in [2.05, 4.69) is 4.98 Å². The lowest BCUT2D eigenvalue weighted by molar-refractivity contribution is -0.00956. The number of nitrogen functional groups attached to an aromatic ring is 1. The van der Waals surface area contributed by atoms with Crippen LogP contribution in [0.25, 0.3) is 0 Å². The third-order valence-corrected chi connectivity index (χ3v) is 5.60. The average molecular weight is 273 g/mol. The Labute approximate surface area is 120 Å². The van der Waals surface area contributed by atoms with Gasteiger partial charge >= 0.3 is 0 Å². The SMILES string of the molecule is COCc1cc(N)nc(C23CC4CC(CC(C4)C2)C3)n1. The van der Waals surface area contributed by atoms with E-state index in [0.717, 1.165) is 29.3 Å². The van der Waals surface area contributed by atoms with Gasteiger partial charge in [0.25, 0.3) is 0 Å². The molecule has 1 aromatic heterocycles. The summed E-state index contributed by atoms with van der Waals surface area (Å²) in [6.45, 7) is 0.520. The quantitative estimate of drug-likeness (QED) is 0.919. The first-order valence-corrected chi connectivity index (χ1v) is 7.80. The average Bonchev–Trinajstić information content (AvgIpc) is 2.36. The van der Waals surface area contributed by atoms with E-state index in [0.29, 0.717) is 12.4 Å². The Morgan fingerprint density at radius 1 is 1.15 bits per heavy atom. The molecule has 4 aliphatic rings. The molecule has 0 saturated heterocycles. The number of ether oxygens (including phenoxy) is 1. The molecule has 1 heterocycles. The Hall–Kier alpha value is -1.16. The van der Waals surface area contributed by atoms with E-state index >= 15 is 0 Å². The van der Waals surface area contributed by atoms with Gasteiger partial charge in [0.05, 0.1) is 12.3 Å². The van der Waals surface area contributed by atoms with Gasteiger partial charge in [-0.05, 0) is 56.3 Å². The number of methoxy groups -OCH3 is 1. The molecule has 1 aromatic rings. The number of hydrogen-bond acceptors (Lipinski definition) is 4. The molecule has 0 spiro atoms. The third-order valence-electron chi connectivity index (χ3n) is 5.60. The fourth-order valence-corrected chi connectivity index (χ4v) is 5.36. The molecule has 0 atom stereocenters. The number of rotatable bonds is 3. The van der Waals surface area contributed by atoms with Crippen LogP contribution in [-0.2, 0) is 16.8 Å². The van der Waals surface area contributed by atoms with Gasteiger partial charge in [-0.15, -0.1) is 0 Å². The molecule has 108 valence electrons. The van der Waals surface area contributed by atoms with E-state index in [1.54, 1.807) is 7.11 Å². The molecule has 0 aliphatic heterocycles. The maximum atomic E-state index is 6.00. The largest absolute Gasteiger partial charge is 0.384 e. The molecule has 4 fully saturated rings. The van der Waals surface area contributed by atoms with Gasteiger partial charge in [-0.2, -0.15) is 0 Å². The maximum Gasteiger partial charge on any atom is 0.137 e. The van der Waals surface area contributed by atoms with Crippen molar-refractivity contribution in [2.45, 2.75) is 50.5 Å². The molecule has 2 N–H and O–H groups in total. The van der Waals surface area contributed by atoms with Crippen molar-refractivity contribution in [3.05, 3.63) is 17.6 Å². The smallest absolute Gasteiger partial charge is 0.137 e. The van der Waals surface area contributed by atoms with Gasteiger partial charge in [-0.3, -0.25) is 0 Å². The molecule has 0 amide bonds. The van der Waals surface area contributed by atoms with Crippen LogP contribution in [0.15, 0.2) is 6.07 Å². The molecule has 4 bridgehead atoms. The second-order valence-corrected chi connectivity index (χ2v) is 7.24. The first-order chi connectivity index (χ1) is 9.67. The zero-order valence-corrected chi connectivity index (χ0v) is 12.1. The Kier molecular flexibility index (Phi) is 2.78. The third kappa shape index (κ3) is 1.93. The lowest BCUT2D eigenvalue weighted by atomic mass is 9.49. The lowest BCUT2D eigenvalue weighted by Gasteiger charge is -2.56. The summed E-state index contributed by atoms with van der Waals surface area (Å²) in [6.07, 6.45) is 8.13. The molecule has 4 heteroatoms. The normalized spacial score (nSPS) is 38.4. The first kappa shape index (κ1) is 12.6. The van der Waals surface area contributed by atoms with Crippen molar-refractivity contribution in [1.29, 1.82) is 0 Å². The van der Waals surface area contributed by atoms with Crippen LogP contribution in [0.2, 0.25) is 0 Å². The van der Waals surface area contributed by atoms with Crippen molar-refractivity contribution >= 4 is 5.82 Å². The molecule has 0 radical (unpaired) electrons. The van der Waals surface area contributed by atoms with E-state index in [1.807, 2.05) is 6.07 Å². The summed E-state index contributed by atoms with van der Waals surface area (Å²) in [5.74, 6) is 4.30. The number of nitrogens with two attached hydrogens (primary N) is 1. The number of anilines is 1. The summed E-state index contributed by atoms with van der Waals surface area (Å²) in [4.78, 5) is 9.41. The van der Waals surface area contributed by atoms with E-state index in [-0.39, 0.29) is 5.41 Å². The lowest BCUT2D eigenvalue weighted by Crippen LogP contribution is -2.49. The fraction of sp³-hybridized carbons (Fsp3) is 0.750. The Morgan fingerprint density at radius 2 is 1.75 bits per heavy atom. The van der Waals surface area contributed by atoms with Crippen LogP contribution in [0.4, 0.5) is 5.82 Å². The highest BCUT2D eigenvalue weighted by Gasteiger charge is 2.53. The van der Waals surface area contributed by atoms with Gasteiger partial charge in [0.1, 0.15) is 11.6 Å². The van der Waals surface area contributed by atoms with E-state index in [9.17, 15) is 0 Å². The zero-order chi connectivity index (χ0) is 13.7.